The zero-order valence-electron chi connectivity index (χ0n) is 36.5. The molecule has 8 rings (SSSR count). The van der Waals surface area contributed by atoms with Crippen LogP contribution in [0.25, 0.3) is 0 Å². The Kier molecular flexibility index (Phi) is 11.5. The van der Waals surface area contributed by atoms with Crippen LogP contribution in [-0.2, 0) is 23.8 Å². The third kappa shape index (κ3) is 7.88. The smallest absolute Gasteiger partial charge is 0.407 e. The molecule has 4 N–H and O–H groups in total. The van der Waals surface area contributed by atoms with Gasteiger partial charge in [0.05, 0.1) is 50.6 Å². The Labute approximate surface area is 353 Å². The number of methoxy groups -OCH3 is 2. The van der Waals surface area contributed by atoms with Crippen molar-refractivity contribution < 1.29 is 33.4 Å². The van der Waals surface area contributed by atoms with Gasteiger partial charge in [0.25, 0.3) is 0 Å². The number of morpholine rings is 1. The Hall–Kier alpha value is -4.60. The number of aromatic nitrogens is 4. The van der Waals surface area contributed by atoms with E-state index in [9.17, 15) is 19.2 Å². The molecule has 6 heterocycles. The fraction of sp³-hybridized carbons (Fsp3) is 0.727. The number of carbonyl (C=O) groups is 4. The molecule has 2 saturated carbocycles. The van der Waals surface area contributed by atoms with Gasteiger partial charge in [0.2, 0.25) is 11.8 Å². The second-order valence-corrected chi connectivity index (χ2v) is 20.0. The number of carbonyl (C=O) groups excluding carboxylic acids is 4. The molecule has 60 heavy (non-hydrogen) atoms. The van der Waals surface area contributed by atoms with Crippen LogP contribution in [0.5, 0.6) is 0 Å². The molecule has 11 atom stereocenters. The predicted molar refractivity (Wildman–Crippen MR) is 221 cm³/mol. The Balaban J connectivity index is 0.910. The molecule has 11 unspecified atom stereocenters. The molecule has 16 nitrogen and oxygen atoms in total. The van der Waals surface area contributed by atoms with Crippen LogP contribution in [0.15, 0.2) is 24.7 Å². The van der Waals surface area contributed by atoms with E-state index in [0.717, 1.165) is 80.8 Å². The third-order valence-electron chi connectivity index (χ3n) is 14.2. The van der Waals surface area contributed by atoms with Gasteiger partial charge in [0, 0.05) is 54.6 Å². The summed E-state index contributed by atoms with van der Waals surface area (Å²) in [5.74, 6) is 2.20. The number of aromatic amines is 2. The molecule has 16 heteroatoms. The van der Waals surface area contributed by atoms with Gasteiger partial charge >= 0.3 is 12.2 Å². The molecule has 2 aromatic heterocycles. The highest BCUT2D eigenvalue weighted by molar-refractivity contribution is 5.87. The minimum Gasteiger partial charge on any atom is -0.453 e. The number of nitrogens with one attached hydrogen (secondary N) is 4. The first-order valence-electron chi connectivity index (χ1n) is 22.1. The standard InChI is InChI=1S/C44H65N9O7/c1-43(2,3)35(49-41(56)58-7)39(54)52-18-9-11-30(52)37-45-22-27(47-37)24-13-15-29-33(21-24)60-32-16-14-25(26-17-20-51(29)34(26)32)28-23-46-38(48-28)31-12-10-19-53(31)40(55)36(44(4,5)6)50-42(57)59-8/h17,20,22-26,29-36H,9-16,18-19,21H2,1-8H3,(H,45,47)(H,46,48)(H,49,56)(H,50,57). The number of hydrogen-bond donors (Lipinski definition) is 4. The Bertz CT molecular complexity index is 1950. The van der Waals surface area contributed by atoms with Crippen molar-refractivity contribution in [2.45, 2.75) is 160 Å². The molecule has 0 radical (unpaired) electrons. The number of imidazole rings is 2. The van der Waals surface area contributed by atoms with Gasteiger partial charge in [0.1, 0.15) is 23.7 Å². The van der Waals surface area contributed by atoms with Gasteiger partial charge in [-0.05, 0) is 74.8 Å². The van der Waals surface area contributed by atoms with Gasteiger partial charge in [0.15, 0.2) is 0 Å². The summed E-state index contributed by atoms with van der Waals surface area (Å²) < 4.78 is 16.8. The van der Waals surface area contributed by atoms with Crippen molar-refractivity contribution in [2.24, 2.45) is 16.7 Å². The number of H-pyrrole nitrogens is 2. The minimum atomic E-state index is -0.724. The monoisotopic (exact) mass is 832 g/mol. The van der Waals surface area contributed by atoms with Crippen molar-refractivity contribution in [1.82, 2.24) is 45.3 Å². The summed E-state index contributed by atoms with van der Waals surface area (Å²) in [5, 5.41) is 5.55. The Morgan fingerprint density at radius 3 is 1.85 bits per heavy atom. The van der Waals surface area contributed by atoms with Crippen molar-refractivity contribution in [3.63, 3.8) is 0 Å². The van der Waals surface area contributed by atoms with Crippen LogP contribution >= 0.6 is 0 Å². The molecule has 2 aliphatic carbocycles. The van der Waals surface area contributed by atoms with Crippen molar-refractivity contribution in [3.05, 3.63) is 47.7 Å². The van der Waals surface area contributed by atoms with E-state index >= 15 is 0 Å². The highest BCUT2D eigenvalue weighted by Gasteiger charge is 2.54. The van der Waals surface area contributed by atoms with Gasteiger partial charge < -0.3 is 49.5 Å². The van der Waals surface area contributed by atoms with Crippen molar-refractivity contribution in [3.8, 4) is 0 Å². The van der Waals surface area contributed by atoms with Crippen LogP contribution in [0.4, 0.5) is 9.59 Å². The van der Waals surface area contributed by atoms with E-state index in [-0.39, 0.29) is 54.0 Å². The van der Waals surface area contributed by atoms with Crippen LogP contribution in [0, 0.1) is 16.7 Å². The fourth-order valence-electron chi connectivity index (χ4n) is 11.1. The summed E-state index contributed by atoms with van der Waals surface area (Å²) in [6.45, 7) is 12.9. The molecule has 3 saturated heterocycles. The van der Waals surface area contributed by atoms with E-state index in [4.69, 9.17) is 24.2 Å². The second-order valence-electron chi connectivity index (χ2n) is 20.0. The second kappa shape index (κ2) is 16.4. The lowest BCUT2D eigenvalue weighted by atomic mass is 9.71. The topological polar surface area (TPSA) is 187 Å². The first-order valence-corrected chi connectivity index (χ1v) is 22.1. The largest absolute Gasteiger partial charge is 0.453 e. The third-order valence-corrected chi connectivity index (χ3v) is 14.2. The number of likely N-dealkylation sites (tertiary alicyclic amines) is 2. The van der Waals surface area contributed by atoms with Crippen molar-refractivity contribution in [1.29, 1.82) is 0 Å². The Morgan fingerprint density at radius 1 is 0.750 bits per heavy atom. The average Bonchev–Trinajstić information content (AvgIpc) is 4.06. The van der Waals surface area contributed by atoms with Gasteiger partial charge in [-0.3, -0.25) is 9.59 Å². The molecule has 5 fully saturated rings. The lowest BCUT2D eigenvalue weighted by Gasteiger charge is -2.54. The van der Waals surface area contributed by atoms with E-state index in [1.165, 1.54) is 14.2 Å². The summed E-state index contributed by atoms with van der Waals surface area (Å²) in [6, 6.07) is -1.24. The molecule has 6 aliphatic rings. The van der Waals surface area contributed by atoms with E-state index in [1.807, 2.05) is 63.7 Å². The van der Waals surface area contributed by atoms with E-state index in [2.05, 4.69) is 37.8 Å². The average molecular weight is 832 g/mol. The highest BCUT2D eigenvalue weighted by atomic mass is 16.5. The quantitative estimate of drug-likeness (QED) is 0.254. The summed E-state index contributed by atoms with van der Waals surface area (Å²) >= 11 is 0. The number of alkyl carbamates (subject to hydrolysis) is 2. The maximum absolute atomic E-state index is 13.9. The van der Waals surface area contributed by atoms with Gasteiger partial charge in [-0.25, -0.2) is 19.6 Å². The Morgan fingerprint density at radius 2 is 1.30 bits per heavy atom. The summed E-state index contributed by atoms with van der Waals surface area (Å²) in [4.78, 5) is 75.6. The van der Waals surface area contributed by atoms with E-state index < -0.39 is 35.1 Å². The molecule has 4 aliphatic heterocycles. The lowest BCUT2D eigenvalue weighted by Crippen LogP contribution is -2.62. The van der Waals surface area contributed by atoms with Crippen molar-refractivity contribution >= 4 is 24.0 Å². The van der Waals surface area contributed by atoms with Crippen LogP contribution in [0.3, 0.4) is 0 Å². The lowest BCUT2D eigenvalue weighted by molar-refractivity contribution is -0.168. The highest BCUT2D eigenvalue weighted by Crippen LogP contribution is 2.51. The summed E-state index contributed by atoms with van der Waals surface area (Å²) in [6.07, 6.45) is 15.9. The van der Waals surface area contributed by atoms with Gasteiger partial charge in [-0.15, -0.1) is 0 Å². The molecule has 4 amide bonds. The molecular weight excluding hydrogens is 767 g/mol. The minimum absolute atomic E-state index is 0.105. The number of rotatable bonds is 8. The number of ether oxygens (including phenoxy) is 3. The molecule has 2 aromatic rings. The first-order chi connectivity index (χ1) is 28.6. The number of amides is 4. The van der Waals surface area contributed by atoms with E-state index in [1.54, 1.807) is 0 Å². The molecular formula is C44H65N9O7. The van der Waals surface area contributed by atoms with Crippen LogP contribution in [-0.4, -0.2) is 122 Å². The zero-order chi connectivity index (χ0) is 42.7. The number of hydrogen-bond acceptors (Lipinski definition) is 10. The molecule has 328 valence electrons. The van der Waals surface area contributed by atoms with Crippen LogP contribution in [0.1, 0.15) is 146 Å². The summed E-state index contributed by atoms with van der Waals surface area (Å²) in [5.41, 5.74) is 1.20. The maximum atomic E-state index is 13.9. The fourth-order valence-corrected chi connectivity index (χ4v) is 11.1. The first kappa shape index (κ1) is 42.1. The van der Waals surface area contributed by atoms with Gasteiger partial charge in [-0.2, -0.15) is 0 Å². The maximum Gasteiger partial charge on any atom is 0.407 e. The van der Waals surface area contributed by atoms with Crippen LogP contribution in [0.2, 0.25) is 0 Å². The molecule has 0 spiro atoms. The molecule has 0 aromatic carbocycles. The predicted octanol–water partition coefficient (Wildman–Crippen LogP) is 5.80. The number of nitrogens with zero attached hydrogens (tertiary/aromatic N) is 5. The normalized spacial score (nSPS) is 31.0. The summed E-state index contributed by atoms with van der Waals surface area (Å²) in [7, 11) is 2.62. The zero-order valence-corrected chi connectivity index (χ0v) is 36.5. The SMILES string of the molecule is COC(=O)NC(C(=O)N1CCCC1c1ncc(C2CCC3C(C2)OC2CCC(c4cnc(C5CCCN5C(=O)C(NC(=O)OC)C(C)(C)C)[nH]4)C4C=CN3C24)[nH]1)C(C)(C)C. The van der Waals surface area contributed by atoms with Crippen LogP contribution < -0.4 is 10.6 Å². The van der Waals surface area contributed by atoms with Gasteiger partial charge in [-0.1, -0.05) is 47.6 Å². The molecule has 0 bridgehead atoms. The number of fused-ring (bicyclic) bond motifs is 2. The van der Waals surface area contributed by atoms with Crippen molar-refractivity contribution in [2.75, 3.05) is 27.3 Å². The van der Waals surface area contributed by atoms with E-state index in [0.29, 0.717) is 25.0 Å².